The molecule has 0 saturated carbocycles. The summed E-state index contributed by atoms with van der Waals surface area (Å²) in [5.74, 6) is -1.22. The zero-order chi connectivity index (χ0) is 13.2. The summed E-state index contributed by atoms with van der Waals surface area (Å²) in [5, 5.41) is 36.8. The Bertz CT molecular complexity index is 274. The van der Waals surface area contributed by atoms with Crippen molar-refractivity contribution in [1.82, 2.24) is 0 Å². The Hall–Kier alpha value is -0.770. The molecule has 6 N–H and O–H groups in total. The lowest BCUT2D eigenvalue weighted by Gasteiger charge is -2.41. The van der Waals surface area contributed by atoms with E-state index in [0.717, 1.165) is 0 Å². The third-order valence-electron chi connectivity index (χ3n) is 2.63. The fourth-order valence-corrected chi connectivity index (χ4v) is 1.57. The fourth-order valence-electron chi connectivity index (χ4n) is 1.57. The highest BCUT2D eigenvalue weighted by molar-refractivity contribution is 5.71. The van der Waals surface area contributed by atoms with Gasteiger partial charge in [0.05, 0.1) is 12.6 Å². The van der Waals surface area contributed by atoms with Crippen molar-refractivity contribution in [3.05, 3.63) is 0 Å². The molecule has 1 heterocycles. The summed E-state index contributed by atoms with van der Waals surface area (Å²) in [5.41, 5.74) is 5.54. The number of hydrogen-bond acceptors (Lipinski definition) is 7. The van der Waals surface area contributed by atoms with Crippen LogP contribution in [-0.4, -0.2) is 69.8 Å². The van der Waals surface area contributed by atoms with Crippen LogP contribution < -0.4 is 5.73 Å². The standard InChI is InChI=1S/C9H17NO7/c1-3(8(13)14)16-7-5(10)9(15)17-4(2-11)6(7)12/h3-7,9,11-12,15H,2,10H2,1H3,(H,13,14)/t3-,4-,5+,6-,7-,9+/m1/s1. The van der Waals surface area contributed by atoms with E-state index in [2.05, 4.69) is 0 Å². The van der Waals surface area contributed by atoms with Crippen molar-refractivity contribution in [1.29, 1.82) is 0 Å². The van der Waals surface area contributed by atoms with Gasteiger partial charge in [-0.3, -0.25) is 0 Å². The number of aliphatic carboxylic acids is 1. The molecule has 8 nitrogen and oxygen atoms in total. The number of ether oxygens (including phenoxy) is 2. The number of aliphatic hydroxyl groups excluding tert-OH is 3. The molecule has 0 aromatic heterocycles. The third kappa shape index (κ3) is 3.12. The minimum Gasteiger partial charge on any atom is -0.479 e. The molecule has 0 bridgehead atoms. The second kappa shape index (κ2) is 5.71. The van der Waals surface area contributed by atoms with Gasteiger partial charge in [-0.2, -0.15) is 0 Å². The molecule has 8 heteroatoms. The molecule has 0 radical (unpaired) electrons. The van der Waals surface area contributed by atoms with E-state index < -0.39 is 49.3 Å². The molecule has 1 aliphatic heterocycles. The highest BCUT2D eigenvalue weighted by Gasteiger charge is 2.44. The number of rotatable bonds is 4. The van der Waals surface area contributed by atoms with Crippen LogP contribution in [-0.2, 0) is 14.3 Å². The van der Waals surface area contributed by atoms with Crippen molar-refractivity contribution < 1.29 is 34.7 Å². The average molecular weight is 251 g/mol. The van der Waals surface area contributed by atoms with Crippen molar-refractivity contribution in [3.63, 3.8) is 0 Å². The van der Waals surface area contributed by atoms with Crippen LogP contribution in [0.15, 0.2) is 0 Å². The quantitative estimate of drug-likeness (QED) is 0.361. The molecule has 0 spiro atoms. The number of carbonyl (C=O) groups is 1. The zero-order valence-electron chi connectivity index (χ0n) is 9.26. The van der Waals surface area contributed by atoms with Crippen LogP contribution in [0.1, 0.15) is 6.92 Å². The van der Waals surface area contributed by atoms with Crippen molar-refractivity contribution in [3.8, 4) is 0 Å². The summed E-state index contributed by atoms with van der Waals surface area (Å²) in [6.07, 6.45) is -6.11. The molecule has 17 heavy (non-hydrogen) atoms. The van der Waals surface area contributed by atoms with Gasteiger partial charge in [0, 0.05) is 0 Å². The van der Waals surface area contributed by atoms with Crippen LogP contribution in [0.25, 0.3) is 0 Å². The lowest BCUT2D eigenvalue weighted by atomic mass is 9.97. The Kier molecular flexibility index (Phi) is 4.80. The summed E-state index contributed by atoms with van der Waals surface area (Å²) < 4.78 is 9.89. The number of nitrogens with two attached hydrogens (primary N) is 1. The highest BCUT2D eigenvalue weighted by atomic mass is 16.6. The van der Waals surface area contributed by atoms with Gasteiger partial charge in [-0.05, 0) is 6.92 Å². The van der Waals surface area contributed by atoms with Gasteiger partial charge in [0.25, 0.3) is 0 Å². The van der Waals surface area contributed by atoms with Crippen LogP contribution >= 0.6 is 0 Å². The van der Waals surface area contributed by atoms with Gasteiger partial charge < -0.3 is 35.6 Å². The van der Waals surface area contributed by atoms with Gasteiger partial charge in [0.15, 0.2) is 12.4 Å². The topological polar surface area (TPSA) is 142 Å². The Morgan fingerprint density at radius 2 is 2.12 bits per heavy atom. The molecule has 0 unspecified atom stereocenters. The first-order valence-corrected chi connectivity index (χ1v) is 5.14. The maximum atomic E-state index is 10.6. The van der Waals surface area contributed by atoms with Crippen molar-refractivity contribution in [2.24, 2.45) is 5.73 Å². The van der Waals surface area contributed by atoms with Crippen LogP contribution in [0, 0.1) is 0 Å². The summed E-state index contributed by atoms with van der Waals surface area (Å²) in [4.78, 5) is 10.6. The van der Waals surface area contributed by atoms with Crippen molar-refractivity contribution >= 4 is 5.97 Å². The second-order valence-corrected chi connectivity index (χ2v) is 3.90. The van der Waals surface area contributed by atoms with E-state index in [4.69, 9.17) is 25.4 Å². The molecular weight excluding hydrogens is 234 g/mol. The first-order valence-electron chi connectivity index (χ1n) is 5.14. The molecule has 1 fully saturated rings. The molecule has 0 amide bonds. The SMILES string of the molecule is C[C@@H](O[C@@H]1[C@H](N)[C@@H](O)O[C@H](CO)[C@H]1O)C(=O)O. The molecule has 6 atom stereocenters. The predicted molar refractivity (Wildman–Crippen MR) is 53.9 cm³/mol. The van der Waals surface area contributed by atoms with Gasteiger partial charge in [0.2, 0.25) is 0 Å². The van der Waals surface area contributed by atoms with Crippen LogP contribution in [0.3, 0.4) is 0 Å². The summed E-state index contributed by atoms with van der Waals surface area (Å²) in [6.45, 7) is 0.740. The highest BCUT2D eigenvalue weighted by Crippen LogP contribution is 2.22. The summed E-state index contributed by atoms with van der Waals surface area (Å²) in [6, 6.07) is -1.09. The maximum Gasteiger partial charge on any atom is 0.332 e. The molecule has 0 aromatic rings. The predicted octanol–water partition coefficient (Wildman–Crippen LogP) is -2.76. The monoisotopic (exact) mass is 251 g/mol. The molecule has 1 saturated heterocycles. The molecular formula is C9H17NO7. The van der Waals surface area contributed by atoms with E-state index in [9.17, 15) is 15.0 Å². The largest absolute Gasteiger partial charge is 0.479 e. The number of carboxylic acids is 1. The normalized spacial score (nSPS) is 39.9. The third-order valence-corrected chi connectivity index (χ3v) is 2.63. The minimum absolute atomic E-state index is 0.535. The van der Waals surface area contributed by atoms with Gasteiger partial charge in [-0.1, -0.05) is 0 Å². The summed E-state index contributed by atoms with van der Waals surface area (Å²) in [7, 11) is 0. The van der Waals surface area contributed by atoms with Gasteiger partial charge in [-0.25, -0.2) is 4.79 Å². The van der Waals surface area contributed by atoms with Gasteiger partial charge in [-0.15, -0.1) is 0 Å². The molecule has 1 aliphatic rings. The van der Waals surface area contributed by atoms with Crippen molar-refractivity contribution in [2.45, 2.75) is 43.7 Å². The Morgan fingerprint density at radius 3 is 2.59 bits per heavy atom. The maximum absolute atomic E-state index is 10.6. The van der Waals surface area contributed by atoms with Gasteiger partial charge >= 0.3 is 5.97 Å². The minimum atomic E-state index is -1.43. The van der Waals surface area contributed by atoms with Gasteiger partial charge in [0.1, 0.15) is 18.3 Å². The van der Waals surface area contributed by atoms with E-state index >= 15 is 0 Å². The Morgan fingerprint density at radius 1 is 1.53 bits per heavy atom. The average Bonchev–Trinajstić information content (AvgIpc) is 2.28. The summed E-state index contributed by atoms with van der Waals surface area (Å²) >= 11 is 0. The first kappa shape index (κ1) is 14.3. The van der Waals surface area contributed by atoms with Crippen LogP contribution in [0.5, 0.6) is 0 Å². The molecule has 100 valence electrons. The molecule has 1 rings (SSSR count). The smallest absolute Gasteiger partial charge is 0.332 e. The van der Waals surface area contributed by atoms with E-state index in [1.807, 2.05) is 0 Å². The lowest BCUT2D eigenvalue weighted by molar-refractivity contribution is -0.262. The number of hydrogen-bond donors (Lipinski definition) is 5. The Balaban J connectivity index is 2.74. The fraction of sp³-hybridized carbons (Fsp3) is 0.889. The van der Waals surface area contributed by atoms with E-state index in [-0.39, 0.29) is 0 Å². The van der Waals surface area contributed by atoms with E-state index in [1.54, 1.807) is 0 Å². The zero-order valence-corrected chi connectivity index (χ0v) is 9.26. The molecule has 0 aromatic carbocycles. The van der Waals surface area contributed by atoms with E-state index in [1.165, 1.54) is 6.92 Å². The Labute approximate surface area is 97.6 Å². The second-order valence-electron chi connectivity index (χ2n) is 3.90. The number of aliphatic hydroxyl groups is 3. The number of carboxylic acid groups (broad SMARTS) is 1. The van der Waals surface area contributed by atoms with E-state index in [0.29, 0.717) is 0 Å². The van der Waals surface area contributed by atoms with Crippen molar-refractivity contribution in [2.75, 3.05) is 6.61 Å². The lowest BCUT2D eigenvalue weighted by Crippen LogP contribution is -2.63. The molecule has 0 aliphatic carbocycles. The first-order chi connectivity index (χ1) is 7.88. The van der Waals surface area contributed by atoms with Crippen LogP contribution in [0.2, 0.25) is 0 Å². The van der Waals surface area contributed by atoms with Crippen LogP contribution in [0.4, 0.5) is 0 Å².